The van der Waals surface area contributed by atoms with Gasteiger partial charge in [-0.25, -0.2) is 4.98 Å². The first-order valence-electron chi connectivity index (χ1n) is 8.95. The Labute approximate surface area is 172 Å². The van der Waals surface area contributed by atoms with Crippen LogP contribution in [0.1, 0.15) is 25.0 Å². The summed E-state index contributed by atoms with van der Waals surface area (Å²) < 4.78 is 1.94. The Bertz CT molecular complexity index is 1030. The number of hydrogen-bond acceptors (Lipinski definition) is 7. The van der Waals surface area contributed by atoms with Gasteiger partial charge in [0.25, 0.3) is 11.5 Å². The molecule has 0 aliphatic carbocycles. The van der Waals surface area contributed by atoms with Gasteiger partial charge in [-0.1, -0.05) is 43.9 Å². The Hall–Kier alpha value is -2.23. The summed E-state index contributed by atoms with van der Waals surface area (Å²) >= 11 is 6.52. The van der Waals surface area contributed by atoms with E-state index < -0.39 is 0 Å². The minimum absolute atomic E-state index is 0.106. The van der Waals surface area contributed by atoms with Gasteiger partial charge in [0, 0.05) is 19.3 Å². The van der Waals surface area contributed by atoms with Crippen LogP contribution in [0.25, 0.3) is 11.7 Å². The fourth-order valence-electron chi connectivity index (χ4n) is 2.85. The van der Waals surface area contributed by atoms with Crippen molar-refractivity contribution in [1.29, 1.82) is 0 Å². The number of aliphatic hydroxyl groups excluding tert-OH is 1. The zero-order valence-corrected chi connectivity index (χ0v) is 17.6. The normalized spacial score (nSPS) is 16.0. The molecule has 0 unspecified atom stereocenters. The van der Waals surface area contributed by atoms with Crippen LogP contribution in [-0.2, 0) is 4.79 Å². The second-order valence-corrected chi connectivity index (χ2v) is 8.63. The van der Waals surface area contributed by atoms with Crippen LogP contribution >= 0.6 is 24.0 Å². The average Bonchev–Trinajstić information content (AvgIpc) is 2.90. The van der Waals surface area contributed by atoms with Gasteiger partial charge in [0.1, 0.15) is 15.8 Å². The van der Waals surface area contributed by atoms with Crippen molar-refractivity contribution in [3.8, 4) is 0 Å². The molecule has 0 bridgehead atoms. The number of amides is 1. The zero-order chi connectivity index (χ0) is 20.4. The number of nitrogens with one attached hydrogen (secondary N) is 1. The van der Waals surface area contributed by atoms with Gasteiger partial charge in [-0.2, -0.15) is 0 Å². The topological polar surface area (TPSA) is 86.9 Å². The molecule has 2 aromatic rings. The molecule has 1 saturated heterocycles. The summed E-state index contributed by atoms with van der Waals surface area (Å²) in [5, 5.41) is 12.1. The molecule has 3 heterocycles. The van der Waals surface area contributed by atoms with Crippen LogP contribution in [-0.4, -0.2) is 49.3 Å². The monoisotopic (exact) mass is 418 g/mol. The number of thioether (sulfide) groups is 1. The first-order chi connectivity index (χ1) is 13.3. The van der Waals surface area contributed by atoms with E-state index in [0.717, 1.165) is 5.56 Å². The summed E-state index contributed by atoms with van der Waals surface area (Å²) in [6.45, 7) is 6.59. The van der Waals surface area contributed by atoms with Gasteiger partial charge in [0.2, 0.25) is 0 Å². The molecule has 28 heavy (non-hydrogen) atoms. The number of rotatable bonds is 6. The predicted molar refractivity (Wildman–Crippen MR) is 116 cm³/mol. The molecule has 1 aliphatic heterocycles. The van der Waals surface area contributed by atoms with Crippen LogP contribution in [0.2, 0.25) is 0 Å². The lowest BCUT2D eigenvalue weighted by atomic mass is 10.2. The maximum atomic E-state index is 13.1. The summed E-state index contributed by atoms with van der Waals surface area (Å²) in [4.78, 5) is 32.3. The molecule has 148 valence electrons. The lowest BCUT2D eigenvalue weighted by Crippen LogP contribution is -2.31. The molecule has 2 N–H and O–H groups in total. The number of nitrogens with zero attached hydrogens (tertiary/aromatic N) is 3. The third-order valence-electron chi connectivity index (χ3n) is 4.11. The molecular weight excluding hydrogens is 396 g/mol. The highest BCUT2D eigenvalue weighted by Crippen LogP contribution is 2.33. The first kappa shape index (κ1) is 20.5. The molecule has 9 heteroatoms. The predicted octanol–water partition coefficient (Wildman–Crippen LogP) is 2.26. The second-order valence-electron chi connectivity index (χ2n) is 6.95. The highest BCUT2D eigenvalue weighted by Gasteiger charge is 2.32. The van der Waals surface area contributed by atoms with Crippen LogP contribution in [0.3, 0.4) is 0 Å². The molecule has 1 aliphatic rings. The summed E-state index contributed by atoms with van der Waals surface area (Å²) in [5.41, 5.74) is 1.38. The Balaban J connectivity index is 2.12. The fourth-order valence-corrected chi connectivity index (χ4v) is 4.11. The molecule has 0 radical (unpaired) electrons. The van der Waals surface area contributed by atoms with Crippen molar-refractivity contribution in [2.75, 3.05) is 25.0 Å². The van der Waals surface area contributed by atoms with Gasteiger partial charge < -0.3 is 10.4 Å². The van der Waals surface area contributed by atoms with Gasteiger partial charge in [-0.05, 0) is 30.5 Å². The molecule has 2 aromatic heterocycles. The van der Waals surface area contributed by atoms with Gasteiger partial charge in [0.05, 0.1) is 17.1 Å². The van der Waals surface area contributed by atoms with Gasteiger partial charge >= 0.3 is 0 Å². The van der Waals surface area contributed by atoms with E-state index in [1.165, 1.54) is 16.2 Å². The lowest BCUT2D eigenvalue weighted by Gasteiger charge is -2.16. The third-order valence-corrected chi connectivity index (χ3v) is 5.48. The number of hydrogen-bond donors (Lipinski definition) is 2. The minimum Gasteiger partial charge on any atom is -0.395 e. The minimum atomic E-state index is -0.289. The van der Waals surface area contributed by atoms with Crippen molar-refractivity contribution in [3.63, 3.8) is 0 Å². The number of fused-ring (bicyclic) bond motifs is 1. The smallest absolute Gasteiger partial charge is 0.267 e. The van der Waals surface area contributed by atoms with Gasteiger partial charge in [-0.3, -0.25) is 18.9 Å². The highest BCUT2D eigenvalue weighted by molar-refractivity contribution is 8.26. The van der Waals surface area contributed by atoms with Crippen molar-refractivity contribution in [2.45, 2.75) is 20.8 Å². The van der Waals surface area contributed by atoms with E-state index in [1.807, 2.05) is 26.8 Å². The number of anilines is 1. The van der Waals surface area contributed by atoms with E-state index in [4.69, 9.17) is 17.3 Å². The Morgan fingerprint density at radius 2 is 2.11 bits per heavy atom. The quantitative estimate of drug-likeness (QED) is 0.550. The third kappa shape index (κ3) is 4.11. The number of aliphatic hydroxyl groups is 1. The summed E-state index contributed by atoms with van der Waals surface area (Å²) in [6, 6.07) is 3.63. The van der Waals surface area contributed by atoms with Crippen molar-refractivity contribution < 1.29 is 9.90 Å². The van der Waals surface area contributed by atoms with Crippen LogP contribution in [0.15, 0.2) is 28.0 Å². The van der Waals surface area contributed by atoms with Crippen LogP contribution in [0.4, 0.5) is 5.82 Å². The van der Waals surface area contributed by atoms with E-state index in [0.29, 0.717) is 27.2 Å². The Morgan fingerprint density at radius 3 is 2.79 bits per heavy atom. The van der Waals surface area contributed by atoms with Gasteiger partial charge in [-0.15, -0.1) is 0 Å². The van der Waals surface area contributed by atoms with Gasteiger partial charge in [0.15, 0.2) is 0 Å². The number of aryl methyl sites for hydroxylation is 1. The average molecular weight is 419 g/mol. The summed E-state index contributed by atoms with van der Waals surface area (Å²) in [6.07, 6.45) is 3.26. The van der Waals surface area contributed by atoms with E-state index >= 15 is 0 Å². The SMILES string of the molecule is Cc1ccc2nc(NCCO)c(/C=C3/SC(=S)N(CC(C)C)C3=O)c(=O)n2c1. The fraction of sp³-hybridized carbons (Fsp3) is 0.368. The number of thiocarbonyl (C=S) groups is 1. The van der Waals surface area contributed by atoms with Crippen molar-refractivity contribution >= 4 is 51.7 Å². The van der Waals surface area contributed by atoms with E-state index in [9.17, 15) is 9.59 Å². The Kier molecular flexibility index (Phi) is 6.17. The molecule has 0 atom stereocenters. The summed E-state index contributed by atoms with van der Waals surface area (Å²) in [7, 11) is 0. The van der Waals surface area contributed by atoms with Crippen molar-refractivity contribution in [3.05, 3.63) is 44.7 Å². The standard InChI is InChI=1S/C19H22N4O3S2/c1-11(2)9-23-18(26)14(28-19(23)27)8-13-16(20-6-7-24)21-15-5-4-12(3)10-22(15)17(13)25/h4-5,8,10-11,20,24H,6-7,9H2,1-3H3/b14-8+. The Morgan fingerprint density at radius 1 is 1.36 bits per heavy atom. The number of carbonyl (C=O) groups is 1. The highest BCUT2D eigenvalue weighted by atomic mass is 32.2. The molecule has 7 nitrogen and oxygen atoms in total. The molecule has 0 aromatic carbocycles. The molecular formula is C19H22N4O3S2. The van der Waals surface area contributed by atoms with E-state index in [1.54, 1.807) is 23.2 Å². The maximum Gasteiger partial charge on any atom is 0.267 e. The van der Waals surface area contributed by atoms with Crippen LogP contribution in [0.5, 0.6) is 0 Å². The first-order valence-corrected chi connectivity index (χ1v) is 10.2. The second kappa shape index (κ2) is 8.42. The molecule has 0 saturated carbocycles. The number of pyridine rings is 1. The van der Waals surface area contributed by atoms with E-state index in [2.05, 4.69) is 10.3 Å². The lowest BCUT2D eigenvalue weighted by molar-refractivity contribution is -0.122. The summed E-state index contributed by atoms with van der Waals surface area (Å²) in [5.74, 6) is 0.405. The number of carbonyl (C=O) groups excluding carboxylic acids is 1. The largest absolute Gasteiger partial charge is 0.395 e. The molecule has 3 rings (SSSR count). The van der Waals surface area contributed by atoms with E-state index in [-0.39, 0.29) is 36.1 Å². The number of aromatic nitrogens is 2. The van der Waals surface area contributed by atoms with Crippen LogP contribution in [0, 0.1) is 12.8 Å². The molecule has 1 fully saturated rings. The maximum absolute atomic E-state index is 13.1. The van der Waals surface area contributed by atoms with Crippen molar-refractivity contribution in [1.82, 2.24) is 14.3 Å². The van der Waals surface area contributed by atoms with Crippen molar-refractivity contribution in [2.24, 2.45) is 5.92 Å². The zero-order valence-electron chi connectivity index (χ0n) is 15.9. The molecule has 1 amide bonds. The van der Waals surface area contributed by atoms with Crippen LogP contribution < -0.4 is 10.9 Å². The molecule has 0 spiro atoms.